The minimum atomic E-state index is -4.71. The molecule has 0 aromatic heterocycles. The van der Waals surface area contributed by atoms with Crippen LogP contribution in [-0.4, -0.2) is 64.1 Å². The Morgan fingerprint density at radius 3 is 1.94 bits per heavy atom. The number of methoxy groups -OCH3 is 2. The molecule has 1 aliphatic rings. The van der Waals surface area contributed by atoms with Gasteiger partial charge in [0.15, 0.2) is 6.10 Å². The van der Waals surface area contributed by atoms with Crippen molar-refractivity contribution in [3.8, 4) is 5.75 Å². The largest absolute Gasteiger partial charge is 0.573 e. The summed E-state index contributed by atoms with van der Waals surface area (Å²) in [6.45, 7) is 4.27. The molecule has 0 saturated carbocycles. The lowest BCUT2D eigenvalue weighted by molar-refractivity contribution is -0.308. The predicted molar refractivity (Wildman–Crippen MR) is 129 cm³/mol. The van der Waals surface area contributed by atoms with Crippen molar-refractivity contribution in [2.75, 3.05) is 20.8 Å². The van der Waals surface area contributed by atoms with E-state index in [2.05, 4.69) is 9.89 Å². The molecule has 0 aliphatic carbocycles. The summed E-state index contributed by atoms with van der Waals surface area (Å²) in [6, 6.07) is 13.1. The Bertz CT molecular complexity index is 994. The lowest BCUT2D eigenvalue weighted by atomic mass is 9.99. The molecular weight excluding hydrogens is 479 g/mol. The molecule has 1 saturated heterocycles. The summed E-state index contributed by atoms with van der Waals surface area (Å²) in [5.41, 5.74) is 2.44. The van der Waals surface area contributed by atoms with E-state index in [0.717, 1.165) is 16.7 Å². The van der Waals surface area contributed by atoms with Crippen LogP contribution in [0.4, 0.5) is 13.2 Å². The zero-order valence-corrected chi connectivity index (χ0v) is 20.5. The second-order valence-corrected chi connectivity index (χ2v) is 7.99. The Labute approximate surface area is 208 Å². The number of ether oxygens (including phenoxy) is 5. The maximum atomic E-state index is 12.3. The van der Waals surface area contributed by atoms with Crippen LogP contribution in [0.1, 0.15) is 30.5 Å². The van der Waals surface area contributed by atoms with Crippen molar-refractivity contribution >= 4 is 18.4 Å². The van der Waals surface area contributed by atoms with E-state index in [4.69, 9.17) is 23.8 Å². The third-order valence-electron chi connectivity index (χ3n) is 5.52. The average molecular weight is 510 g/mol. The van der Waals surface area contributed by atoms with E-state index in [0.29, 0.717) is 6.61 Å². The van der Waals surface area contributed by atoms with Crippen LogP contribution in [0.25, 0.3) is 12.2 Å². The molecule has 2 aromatic carbocycles. The van der Waals surface area contributed by atoms with E-state index in [-0.39, 0.29) is 24.1 Å². The van der Waals surface area contributed by atoms with E-state index < -0.39 is 18.8 Å². The van der Waals surface area contributed by atoms with Gasteiger partial charge in [-0.15, -0.1) is 13.2 Å². The van der Waals surface area contributed by atoms with Crippen molar-refractivity contribution in [2.45, 2.75) is 50.9 Å². The summed E-state index contributed by atoms with van der Waals surface area (Å²) < 4.78 is 63.5. The summed E-state index contributed by atoms with van der Waals surface area (Å²) in [6.07, 6.45) is -1.75. The summed E-state index contributed by atoms with van der Waals surface area (Å²) >= 11 is 0. The Kier molecular flexibility index (Phi) is 9.89. The van der Waals surface area contributed by atoms with Gasteiger partial charge in [-0.2, -0.15) is 0 Å². The number of halogens is 3. The molecule has 0 amide bonds. The van der Waals surface area contributed by atoms with Crippen LogP contribution >= 0.6 is 0 Å². The van der Waals surface area contributed by atoms with Gasteiger partial charge in [0.05, 0.1) is 12.3 Å². The highest BCUT2D eigenvalue weighted by Gasteiger charge is 2.47. The summed E-state index contributed by atoms with van der Waals surface area (Å²) in [7, 11) is 3.16. The SMILES string of the molecule is CCOC1C(OC)C(C)O[C@@H](ON=Cc2ccc(C=Cc3ccc(OC(F)(F)F)cc3)cc2)C1OC. The Morgan fingerprint density at radius 2 is 1.42 bits per heavy atom. The van der Waals surface area contributed by atoms with Gasteiger partial charge in [-0.25, -0.2) is 0 Å². The van der Waals surface area contributed by atoms with Crippen LogP contribution < -0.4 is 4.74 Å². The molecule has 5 atom stereocenters. The van der Waals surface area contributed by atoms with Crippen LogP contribution in [0.2, 0.25) is 0 Å². The fourth-order valence-corrected chi connectivity index (χ4v) is 3.83. The van der Waals surface area contributed by atoms with Gasteiger partial charge in [0.25, 0.3) is 6.29 Å². The van der Waals surface area contributed by atoms with E-state index in [1.807, 2.05) is 44.2 Å². The summed E-state index contributed by atoms with van der Waals surface area (Å²) in [5, 5.41) is 4.06. The number of alkyl halides is 3. The lowest BCUT2D eigenvalue weighted by Gasteiger charge is -2.42. The third kappa shape index (κ3) is 7.79. The highest BCUT2D eigenvalue weighted by Crippen LogP contribution is 2.28. The molecule has 0 spiro atoms. The lowest BCUT2D eigenvalue weighted by Crippen LogP contribution is -2.59. The van der Waals surface area contributed by atoms with Gasteiger partial charge in [-0.1, -0.05) is 53.7 Å². The predicted octanol–water partition coefficient (Wildman–Crippen LogP) is 5.29. The van der Waals surface area contributed by atoms with Gasteiger partial charge in [0.1, 0.15) is 18.0 Å². The Morgan fingerprint density at radius 1 is 0.861 bits per heavy atom. The van der Waals surface area contributed by atoms with Crippen LogP contribution in [0.5, 0.6) is 5.75 Å². The number of oxime groups is 1. The number of hydrogen-bond donors (Lipinski definition) is 0. The molecule has 1 aliphatic heterocycles. The van der Waals surface area contributed by atoms with Gasteiger partial charge in [-0.3, -0.25) is 0 Å². The first-order chi connectivity index (χ1) is 17.2. The minimum Gasteiger partial charge on any atom is -0.406 e. The van der Waals surface area contributed by atoms with Gasteiger partial charge in [0, 0.05) is 20.8 Å². The van der Waals surface area contributed by atoms with Crippen molar-refractivity contribution < 1.29 is 41.7 Å². The first kappa shape index (κ1) is 27.7. The standard InChI is InChI=1S/C26H30F3NO6/c1-5-33-23-22(31-3)17(2)34-25(24(23)32-4)36-30-16-20-10-8-18(9-11-20)6-7-19-12-14-21(15-13-19)35-26(27,28)29/h6-17,22-25H,5H2,1-4H3/t17?,22?,23?,24?,25-/m0/s1. The minimum absolute atomic E-state index is 0.262. The number of nitrogens with zero attached hydrogens (tertiary/aromatic N) is 1. The molecular formula is C26H30F3NO6. The maximum Gasteiger partial charge on any atom is 0.573 e. The van der Waals surface area contributed by atoms with E-state index >= 15 is 0 Å². The molecule has 0 N–H and O–H groups in total. The van der Waals surface area contributed by atoms with E-state index in [9.17, 15) is 13.2 Å². The van der Waals surface area contributed by atoms with Crippen molar-refractivity contribution in [1.82, 2.24) is 0 Å². The molecule has 10 heteroatoms. The number of benzene rings is 2. The van der Waals surface area contributed by atoms with Gasteiger partial charge >= 0.3 is 6.36 Å². The van der Waals surface area contributed by atoms with Gasteiger partial charge in [0.2, 0.25) is 0 Å². The highest BCUT2D eigenvalue weighted by molar-refractivity contribution is 5.80. The molecule has 4 unspecified atom stereocenters. The molecule has 7 nitrogen and oxygen atoms in total. The molecule has 1 fully saturated rings. The first-order valence-electron chi connectivity index (χ1n) is 11.4. The fraction of sp³-hybridized carbons (Fsp3) is 0.423. The monoisotopic (exact) mass is 509 g/mol. The third-order valence-corrected chi connectivity index (χ3v) is 5.52. The molecule has 0 bridgehead atoms. The van der Waals surface area contributed by atoms with Crippen LogP contribution in [0.15, 0.2) is 53.7 Å². The van der Waals surface area contributed by atoms with Crippen molar-refractivity contribution in [3.05, 3.63) is 65.2 Å². The quantitative estimate of drug-likeness (QED) is 0.247. The maximum absolute atomic E-state index is 12.3. The van der Waals surface area contributed by atoms with Gasteiger partial charge < -0.3 is 28.5 Å². The van der Waals surface area contributed by atoms with Crippen molar-refractivity contribution in [3.63, 3.8) is 0 Å². The zero-order valence-electron chi connectivity index (χ0n) is 20.5. The Balaban J connectivity index is 1.57. The second-order valence-electron chi connectivity index (χ2n) is 7.99. The van der Waals surface area contributed by atoms with Gasteiger partial charge in [-0.05, 0) is 42.7 Å². The fourth-order valence-electron chi connectivity index (χ4n) is 3.83. The van der Waals surface area contributed by atoms with Crippen molar-refractivity contribution in [1.29, 1.82) is 0 Å². The number of hydrogen-bond acceptors (Lipinski definition) is 7. The molecule has 3 rings (SSSR count). The van der Waals surface area contributed by atoms with Crippen LogP contribution in [-0.2, 0) is 23.8 Å². The normalized spacial score (nSPS) is 24.9. The second kappa shape index (κ2) is 12.9. The topological polar surface area (TPSA) is 67.7 Å². The first-order valence-corrected chi connectivity index (χ1v) is 11.4. The average Bonchev–Trinajstić information content (AvgIpc) is 2.84. The number of rotatable bonds is 10. The smallest absolute Gasteiger partial charge is 0.406 e. The van der Waals surface area contributed by atoms with E-state index in [1.54, 1.807) is 38.6 Å². The molecule has 0 radical (unpaired) electrons. The van der Waals surface area contributed by atoms with E-state index in [1.165, 1.54) is 12.1 Å². The van der Waals surface area contributed by atoms with Crippen LogP contribution in [0.3, 0.4) is 0 Å². The molecule has 196 valence electrons. The molecule has 1 heterocycles. The highest BCUT2D eigenvalue weighted by atomic mass is 19.4. The van der Waals surface area contributed by atoms with Crippen molar-refractivity contribution in [2.24, 2.45) is 5.16 Å². The van der Waals surface area contributed by atoms with Crippen LogP contribution in [0, 0.1) is 0 Å². The molecule has 36 heavy (non-hydrogen) atoms. The summed E-state index contributed by atoms with van der Waals surface area (Å²) in [4.78, 5) is 5.60. The Hall–Kier alpha value is -2.92. The molecule has 2 aromatic rings. The zero-order chi connectivity index (χ0) is 26.1. The summed E-state index contributed by atoms with van der Waals surface area (Å²) in [5.74, 6) is -0.262.